The summed E-state index contributed by atoms with van der Waals surface area (Å²) in [5.74, 6) is 1.72. The van der Waals surface area contributed by atoms with Gasteiger partial charge >= 0.3 is 0 Å². The van der Waals surface area contributed by atoms with E-state index in [2.05, 4.69) is 55.5 Å². The van der Waals surface area contributed by atoms with Crippen LogP contribution in [-0.4, -0.2) is 14.2 Å². The van der Waals surface area contributed by atoms with Crippen molar-refractivity contribution in [3.8, 4) is 33.8 Å². The normalized spacial score (nSPS) is 10.4. The van der Waals surface area contributed by atoms with E-state index in [1.54, 1.807) is 14.2 Å². The number of hydrogen-bond donors (Lipinski definition) is 0. The zero-order valence-corrected chi connectivity index (χ0v) is 13.7. The molecule has 2 heteroatoms. The molecule has 0 amide bonds. The Hall–Kier alpha value is -2.74. The first kappa shape index (κ1) is 15.2. The summed E-state index contributed by atoms with van der Waals surface area (Å²) in [7, 11) is 3.38. The largest absolute Gasteiger partial charge is 0.497 e. The van der Waals surface area contributed by atoms with Crippen LogP contribution in [0.2, 0.25) is 0 Å². The van der Waals surface area contributed by atoms with Crippen LogP contribution in [0.4, 0.5) is 0 Å². The fraction of sp³-hybridized carbons (Fsp3) is 0.143. The van der Waals surface area contributed by atoms with Crippen molar-refractivity contribution in [1.29, 1.82) is 0 Å². The highest BCUT2D eigenvalue weighted by Crippen LogP contribution is 2.35. The lowest BCUT2D eigenvalue weighted by molar-refractivity contribution is 0.414. The van der Waals surface area contributed by atoms with Crippen LogP contribution >= 0.6 is 0 Å². The number of rotatable bonds is 4. The molecule has 0 aliphatic heterocycles. The highest BCUT2D eigenvalue weighted by atomic mass is 16.5. The Morgan fingerprint density at radius 3 is 2.00 bits per heavy atom. The van der Waals surface area contributed by atoms with Gasteiger partial charge in [0.25, 0.3) is 0 Å². The molecule has 0 bridgehead atoms. The molecule has 3 aromatic carbocycles. The first-order valence-electron chi connectivity index (χ1n) is 7.61. The van der Waals surface area contributed by atoms with Gasteiger partial charge < -0.3 is 9.47 Å². The summed E-state index contributed by atoms with van der Waals surface area (Å²) in [5.41, 5.74) is 5.88. The maximum atomic E-state index is 5.55. The van der Waals surface area contributed by atoms with E-state index in [-0.39, 0.29) is 0 Å². The van der Waals surface area contributed by atoms with Crippen LogP contribution in [0.25, 0.3) is 22.3 Å². The van der Waals surface area contributed by atoms with Gasteiger partial charge in [0, 0.05) is 5.56 Å². The van der Waals surface area contributed by atoms with Gasteiger partial charge in [-0.2, -0.15) is 0 Å². The molecule has 0 N–H and O–H groups in total. The van der Waals surface area contributed by atoms with Crippen LogP contribution in [-0.2, 0) is 0 Å². The molecule has 0 aliphatic carbocycles. The second kappa shape index (κ2) is 6.57. The van der Waals surface area contributed by atoms with Gasteiger partial charge in [0.1, 0.15) is 11.5 Å². The molecular weight excluding hydrogens is 284 g/mol. The van der Waals surface area contributed by atoms with Gasteiger partial charge in [0.15, 0.2) is 0 Å². The highest BCUT2D eigenvalue weighted by molar-refractivity contribution is 5.79. The molecule has 0 atom stereocenters. The second-order valence-electron chi connectivity index (χ2n) is 5.46. The summed E-state index contributed by atoms with van der Waals surface area (Å²) in [4.78, 5) is 0. The quantitative estimate of drug-likeness (QED) is 0.647. The summed E-state index contributed by atoms with van der Waals surface area (Å²) in [5, 5.41) is 0. The van der Waals surface area contributed by atoms with Crippen molar-refractivity contribution in [1.82, 2.24) is 0 Å². The summed E-state index contributed by atoms with van der Waals surface area (Å²) >= 11 is 0. The number of ether oxygens (including phenoxy) is 2. The first-order valence-corrected chi connectivity index (χ1v) is 7.61. The van der Waals surface area contributed by atoms with Crippen LogP contribution in [0, 0.1) is 6.92 Å². The van der Waals surface area contributed by atoms with Gasteiger partial charge in [0.05, 0.1) is 14.2 Å². The SMILES string of the molecule is COc1ccc(-c2cc(-c3ccccc3C)ccc2OC)cc1. The number of aryl methyl sites for hydroxylation is 1. The molecule has 0 aromatic heterocycles. The average Bonchev–Trinajstić information content (AvgIpc) is 2.62. The van der Waals surface area contributed by atoms with Gasteiger partial charge in [0.2, 0.25) is 0 Å². The zero-order chi connectivity index (χ0) is 16.2. The van der Waals surface area contributed by atoms with Gasteiger partial charge in [-0.25, -0.2) is 0 Å². The van der Waals surface area contributed by atoms with Crippen molar-refractivity contribution in [3.63, 3.8) is 0 Å². The molecule has 0 aliphatic rings. The Kier molecular flexibility index (Phi) is 4.33. The minimum Gasteiger partial charge on any atom is -0.497 e. The van der Waals surface area contributed by atoms with Crippen LogP contribution in [0.15, 0.2) is 66.7 Å². The second-order valence-corrected chi connectivity index (χ2v) is 5.46. The molecule has 23 heavy (non-hydrogen) atoms. The monoisotopic (exact) mass is 304 g/mol. The Morgan fingerprint density at radius 2 is 1.35 bits per heavy atom. The van der Waals surface area contributed by atoms with Crippen molar-refractivity contribution in [2.45, 2.75) is 6.92 Å². The molecule has 0 saturated heterocycles. The van der Waals surface area contributed by atoms with Gasteiger partial charge in [-0.15, -0.1) is 0 Å². The van der Waals surface area contributed by atoms with Gasteiger partial charge in [-0.3, -0.25) is 0 Å². The summed E-state index contributed by atoms with van der Waals surface area (Å²) in [6.45, 7) is 2.13. The van der Waals surface area contributed by atoms with E-state index in [0.717, 1.165) is 22.6 Å². The predicted octanol–water partition coefficient (Wildman–Crippen LogP) is 5.35. The lowest BCUT2D eigenvalue weighted by atomic mass is 9.96. The Bertz CT molecular complexity index is 804. The van der Waals surface area contributed by atoms with E-state index in [9.17, 15) is 0 Å². The van der Waals surface area contributed by atoms with Crippen LogP contribution < -0.4 is 9.47 Å². The van der Waals surface area contributed by atoms with Crippen molar-refractivity contribution in [2.24, 2.45) is 0 Å². The van der Waals surface area contributed by atoms with E-state index >= 15 is 0 Å². The molecule has 3 aromatic rings. The molecule has 0 saturated carbocycles. The van der Waals surface area contributed by atoms with E-state index in [1.165, 1.54) is 16.7 Å². The summed E-state index contributed by atoms with van der Waals surface area (Å²) < 4.78 is 10.8. The summed E-state index contributed by atoms with van der Waals surface area (Å²) in [6, 6.07) is 22.8. The summed E-state index contributed by atoms with van der Waals surface area (Å²) in [6.07, 6.45) is 0. The molecule has 0 spiro atoms. The van der Waals surface area contributed by atoms with Crippen LogP contribution in [0.1, 0.15) is 5.56 Å². The third-order valence-corrected chi connectivity index (χ3v) is 4.06. The third-order valence-electron chi connectivity index (χ3n) is 4.06. The lowest BCUT2D eigenvalue weighted by Crippen LogP contribution is -1.91. The lowest BCUT2D eigenvalue weighted by Gasteiger charge is -2.13. The van der Waals surface area contributed by atoms with E-state index in [4.69, 9.17) is 9.47 Å². The van der Waals surface area contributed by atoms with Gasteiger partial charge in [-0.05, 0) is 53.4 Å². The smallest absolute Gasteiger partial charge is 0.126 e. The molecule has 116 valence electrons. The standard InChI is InChI=1S/C21H20O2/c1-15-6-4-5-7-19(15)17-10-13-21(23-3)20(14-17)16-8-11-18(22-2)12-9-16/h4-14H,1-3H3. The topological polar surface area (TPSA) is 18.5 Å². The average molecular weight is 304 g/mol. The minimum absolute atomic E-state index is 0.850. The van der Waals surface area contributed by atoms with Gasteiger partial charge in [-0.1, -0.05) is 42.5 Å². The fourth-order valence-corrected chi connectivity index (χ4v) is 2.77. The molecule has 0 fully saturated rings. The zero-order valence-electron chi connectivity index (χ0n) is 13.7. The highest BCUT2D eigenvalue weighted by Gasteiger charge is 2.09. The first-order chi connectivity index (χ1) is 11.2. The Morgan fingerprint density at radius 1 is 0.652 bits per heavy atom. The van der Waals surface area contributed by atoms with Crippen molar-refractivity contribution in [2.75, 3.05) is 14.2 Å². The molecule has 2 nitrogen and oxygen atoms in total. The van der Waals surface area contributed by atoms with Crippen LogP contribution in [0.3, 0.4) is 0 Å². The Labute approximate surface area is 137 Å². The van der Waals surface area contributed by atoms with E-state index in [0.29, 0.717) is 0 Å². The number of benzene rings is 3. The van der Waals surface area contributed by atoms with Crippen molar-refractivity contribution in [3.05, 3.63) is 72.3 Å². The van der Waals surface area contributed by atoms with Crippen molar-refractivity contribution >= 4 is 0 Å². The maximum Gasteiger partial charge on any atom is 0.126 e. The molecular formula is C21H20O2. The maximum absolute atomic E-state index is 5.55. The minimum atomic E-state index is 0.850. The van der Waals surface area contributed by atoms with E-state index < -0.39 is 0 Å². The third kappa shape index (κ3) is 3.07. The number of methoxy groups -OCH3 is 2. The molecule has 0 unspecified atom stereocenters. The molecule has 3 rings (SSSR count). The Balaban J connectivity index is 2.11. The number of hydrogen-bond acceptors (Lipinski definition) is 2. The van der Waals surface area contributed by atoms with Crippen LogP contribution in [0.5, 0.6) is 11.5 Å². The molecule has 0 radical (unpaired) electrons. The predicted molar refractivity (Wildman–Crippen MR) is 95.2 cm³/mol. The van der Waals surface area contributed by atoms with Crippen molar-refractivity contribution < 1.29 is 9.47 Å². The van der Waals surface area contributed by atoms with E-state index in [1.807, 2.05) is 18.2 Å². The molecule has 0 heterocycles. The fourth-order valence-electron chi connectivity index (χ4n) is 2.77.